The summed E-state index contributed by atoms with van der Waals surface area (Å²) in [6, 6.07) is 9.35. The molecule has 3 rings (SSSR count). The molecule has 1 saturated carbocycles. The highest BCUT2D eigenvalue weighted by molar-refractivity contribution is 7.98. The number of ether oxygens (including phenoxy) is 1. The maximum Gasteiger partial charge on any atom is 0.240 e. The van der Waals surface area contributed by atoms with E-state index in [1.54, 1.807) is 28.6 Å². The highest BCUT2D eigenvalue weighted by atomic mass is 35.5. The molecule has 0 radical (unpaired) electrons. The van der Waals surface area contributed by atoms with Gasteiger partial charge in [-0.05, 0) is 37.1 Å². The molecular formula is C20H23ClN2O3S. The molecular weight excluding hydrogens is 384 g/mol. The van der Waals surface area contributed by atoms with E-state index in [0.717, 1.165) is 23.4 Å². The van der Waals surface area contributed by atoms with Crippen molar-refractivity contribution in [2.45, 2.75) is 48.9 Å². The van der Waals surface area contributed by atoms with Gasteiger partial charge in [0.25, 0.3) is 0 Å². The van der Waals surface area contributed by atoms with Crippen LogP contribution >= 0.6 is 23.4 Å². The number of aromatic nitrogens is 1. The Morgan fingerprint density at radius 1 is 1.30 bits per heavy atom. The highest BCUT2D eigenvalue weighted by Crippen LogP contribution is 2.24. The maximum atomic E-state index is 12.4. The Labute approximate surface area is 168 Å². The summed E-state index contributed by atoms with van der Waals surface area (Å²) in [5.41, 5.74) is 0.596. The van der Waals surface area contributed by atoms with Crippen LogP contribution in [-0.2, 0) is 17.1 Å². The lowest BCUT2D eigenvalue weighted by Gasteiger charge is -2.17. The predicted octanol–water partition coefficient (Wildman–Crippen LogP) is 3.86. The minimum Gasteiger partial charge on any atom is -0.491 e. The molecule has 0 bridgehead atoms. The fourth-order valence-electron chi connectivity index (χ4n) is 3.20. The lowest BCUT2D eigenvalue weighted by atomic mass is 10.2. The van der Waals surface area contributed by atoms with Crippen LogP contribution in [0.2, 0.25) is 5.02 Å². The monoisotopic (exact) mass is 406 g/mol. The number of hydrogen-bond acceptors (Lipinski definition) is 4. The molecule has 1 amide bonds. The third kappa shape index (κ3) is 5.53. The van der Waals surface area contributed by atoms with Crippen molar-refractivity contribution in [2.75, 3.05) is 7.11 Å². The average molecular weight is 407 g/mol. The van der Waals surface area contributed by atoms with Crippen LogP contribution in [-0.4, -0.2) is 23.6 Å². The number of nitrogens with one attached hydrogen (secondary N) is 1. The van der Waals surface area contributed by atoms with Gasteiger partial charge in [0.15, 0.2) is 5.75 Å². The van der Waals surface area contributed by atoms with Crippen molar-refractivity contribution in [1.82, 2.24) is 9.88 Å². The second-order valence-corrected chi connectivity index (χ2v) is 8.10. The third-order valence-corrected chi connectivity index (χ3v) is 5.93. The van der Waals surface area contributed by atoms with Gasteiger partial charge in [0.05, 0.1) is 13.3 Å². The number of benzene rings is 1. The predicted molar refractivity (Wildman–Crippen MR) is 109 cm³/mol. The van der Waals surface area contributed by atoms with Gasteiger partial charge < -0.3 is 14.6 Å². The second-order valence-electron chi connectivity index (χ2n) is 6.62. The van der Waals surface area contributed by atoms with Gasteiger partial charge in [0, 0.05) is 33.5 Å². The van der Waals surface area contributed by atoms with E-state index in [2.05, 4.69) is 5.32 Å². The Balaban J connectivity index is 1.74. The molecule has 5 nitrogen and oxygen atoms in total. The van der Waals surface area contributed by atoms with Crippen molar-refractivity contribution >= 4 is 29.3 Å². The number of hydrogen-bond donors (Lipinski definition) is 1. The summed E-state index contributed by atoms with van der Waals surface area (Å²) in [6.45, 7) is 0.170. The average Bonchev–Trinajstić information content (AvgIpc) is 3.15. The lowest BCUT2D eigenvalue weighted by molar-refractivity contribution is -0.122. The molecule has 0 saturated heterocycles. The van der Waals surface area contributed by atoms with Crippen molar-refractivity contribution < 1.29 is 9.53 Å². The first kappa shape index (κ1) is 19.8. The lowest BCUT2D eigenvalue weighted by Crippen LogP contribution is -2.35. The molecule has 0 aliphatic heterocycles. The van der Waals surface area contributed by atoms with E-state index in [9.17, 15) is 9.59 Å². The number of carbonyl (C=O) groups excluding carboxylic acids is 1. The first-order chi connectivity index (χ1) is 13.0. The quantitative estimate of drug-likeness (QED) is 0.709. The molecule has 1 aromatic heterocycles. The molecule has 0 unspecified atom stereocenters. The van der Waals surface area contributed by atoms with Gasteiger partial charge in [-0.15, -0.1) is 11.8 Å². The van der Waals surface area contributed by atoms with E-state index in [1.807, 2.05) is 24.3 Å². The van der Waals surface area contributed by atoms with Crippen molar-refractivity contribution in [3.63, 3.8) is 0 Å². The number of thioether (sulfide) groups is 1. The summed E-state index contributed by atoms with van der Waals surface area (Å²) < 4.78 is 6.94. The van der Waals surface area contributed by atoms with Crippen LogP contribution in [0.4, 0.5) is 0 Å². The van der Waals surface area contributed by atoms with Crippen LogP contribution in [0.5, 0.6) is 5.75 Å². The Morgan fingerprint density at radius 2 is 2.00 bits per heavy atom. The van der Waals surface area contributed by atoms with Gasteiger partial charge in [-0.25, -0.2) is 0 Å². The van der Waals surface area contributed by atoms with Crippen molar-refractivity contribution in [2.24, 2.45) is 0 Å². The molecule has 1 aromatic carbocycles. The molecule has 2 aromatic rings. The first-order valence-corrected chi connectivity index (χ1v) is 10.4. The zero-order chi connectivity index (χ0) is 19.2. The SMILES string of the molecule is COc1cn(CC(=O)NC2CCCC2)c(CSc2ccc(Cl)cc2)cc1=O. The fourth-order valence-corrected chi connectivity index (χ4v) is 4.22. The largest absolute Gasteiger partial charge is 0.491 e. The van der Waals surface area contributed by atoms with Gasteiger partial charge in [-0.2, -0.15) is 0 Å². The molecule has 1 aliphatic rings. The summed E-state index contributed by atoms with van der Waals surface area (Å²) in [5.74, 6) is 0.770. The second kappa shape index (κ2) is 9.33. The minimum atomic E-state index is -0.184. The Hall–Kier alpha value is -1.92. The summed E-state index contributed by atoms with van der Waals surface area (Å²) in [6.07, 6.45) is 6.03. The van der Waals surface area contributed by atoms with Crippen LogP contribution in [0, 0.1) is 0 Å². The van der Waals surface area contributed by atoms with Crippen molar-refractivity contribution in [1.29, 1.82) is 0 Å². The standard InChI is InChI=1S/C20H23ClN2O3S/c1-26-19-11-23(12-20(25)22-15-4-2-3-5-15)16(10-18(19)24)13-27-17-8-6-14(21)7-9-17/h6-11,15H,2-5,12-13H2,1H3,(H,22,25). The van der Waals surface area contributed by atoms with E-state index < -0.39 is 0 Å². The summed E-state index contributed by atoms with van der Waals surface area (Å²) in [5, 5.41) is 3.77. The molecule has 1 N–H and O–H groups in total. The Morgan fingerprint density at radius 3 is 2.67 bits per heavy atom. The van der Waals surface area contributed by atoms with Crippen LogP contribution in [0.15, 0.2) is 46.2 Å². The Bertz CT molecular complexity index is 845. The topological polar surface area (TPSA) is 60.3 Å². The van der Waals surface area contributed by atoms with Crippen LogP contribution in [0.3, 0.4) is 0 Å². The van der Waals surface area contributed by atoms with Crippen molar-refractivity contribution in [3.8, 4) is 5.75 Å². The van der Waals surface area contributed by atoms with Crippen LogP contribution in [0.25, 0.3) is 0 Å². The Kier molecular flexibility index (Phi) is 6.85. The molecule has 1 fully saturated rings. The van der Waals surface area contributed by atoms with E-state index in [0.29, 0.717) is 10.8 Å². The molecule has 0 spiro atoms. The number of methoxy groups -OCH3 is 1. The number of amides is 1. The van der Waals surface area contributed by atoms with E-state index in [4.69, 9.17) is 16.3 Å². The zero-order valence-corrected chi connectivity index (χ0v) is 16.8. The third-order valence-electron chi connectivity index (χ3n) is 4.64. The molecule has 1 aliphatic carbocycles. The van der Waals surface area contributed by atoms with E-state index >= 15 is 0 Å². The van der Waals surface area contributed by atoms with E-state index in [-0.39, 0.29) is 29.7 Å². The fraction of sp³-hybridized carbons (Fsp3) is 0.400. The molecule has 7 heteroatoms. The van der Waals surface area contributed by atoms with Gasteiger partial charge >= 0.3 is 0 Å². The minimum absolute atomic E-state index is 0.0367. The number of nitrogens with zero attached hydrogens (tertiary/aromatic N) is 1. The first-order valence-electron chi connectivity index (χ1n) is 9.00. The molecule has 1 heterocycles. The number of halogens is 1. The van der Waals surface area contributed by atoms with Crippen molar-refractivity contribution in [3.05, 3.63) is 57.5 Å². The number of pyridine rings is 1. The van der Waals surface area contributed by atoms with Gasteiger partial charge in [-0.3, -0.25) is 9.59 Å². The maximum absolute atomic E-state index is 12.4. The highest BCUT2D eigenvalue weighted by Gasteiger charge is 2.18. The molecule has 144 valence electrons. The summed E-state index contributed by atoms with van der Waals surface area (Å²) in [7, 11) is 1.46. The molecule has 27 heavy (non-hydrogen) atoms. The van der Waals surface area contributed by atoms with Crippen LogP contribution < -0.4 is 15.5 Å². The van der Waals surface area contributed by atoms with E-state index in [1.165, 1.54) is 20.0 Å². The van der Waals surface area contributed by atoms with Gasteiger partial charge in [0.1, 0.15) is 6.54 Å². The summed E-state index contributed by atoms with van der Waals surface area (Å²) >= 11 is 7.51. The molecule has 0 atom stereocenters. The summed E-state index contributed by atoms with van der Waals surface area (Å²) in [4.78, 5) is 25.7. The smallest absolute Gasteiger partial charge is 0.240 e. The van der Waals surface area contributed by atoms with Gasteiger partial charge in [-0.1, -0.05) is 24.4 Å². The zero-order valence-electron chi connectivity index (χ0n) is 15.2. The number of rotatable bonds is 7. The van der Waals surface area contributed by atoms with Gasteiger partial charge in [0.2, 0.25) is 11.3 Å². The van der Waals surface area contributed by atoms with Crippen LogP contribution in [0.1, 0.15) is 31.4 Å². The normalized spacial score (nSPS) is 14.3. The number of carbonyl (C=O) groups is 1.